The van der Waals surface area contributed by atoms with Crippen LogP contribution in [0.1, 0.15) is 13.3 Å². The van der Waals surface area contributed by atoms with Gasteiger partial charge in [0, 0.05) is 11.8 Å². The van der Waals surface area contributed by atoms with Gasteiger partial charge >= 0.3 is 0 Å². The fourth-order valence-electron chi connectivity index (χ4n) is 0.133. The lowest BCUT2D eigenvalue weighted by Crippen LogP contribution is -1.88. The molecule has 0 aromatic rings. The zero-order chi connectivity index (χ0) is 4.99. The molecule has 0 amide bonds. The van der Waals surface area contributed by atoms with Crippen LogP contribution in [0.4, 0.5) is 0 Å². The van der Waals surface area contributed by atoms with E-state index in [0.29, 0.717) is 6.42 Å². The van der Waals surface area contributed by atoms with Gasteiger partial charge in [0.1, 0.15) is 6.29 Å². The Labute approximate surface area is 42.3 Å². The Kier molecular flexibility index (Phi) is 3.14. The average molecular weight is 107 g/mol. The molecule has 36 valence electrons. The van der Waals surface area contributed by atoms with E-state index in [2.05, 4.69) is 0 Å². The summed E-state index contributed by atoms with van der Waals surface area (Å²) in [6, 6.07) is 0. The van der Waals surface area contributed by atoms with E-state index < -0.39 is 0 Å². The summed E-state index contributed by atoms with van der Waals surface area (Å²) >= 11 is 5.35. The van der Waals surface area contributed by atoms with Crippen molar-refractivity contribution < 1.29 is 4.79 Å². The maximum atomic E-state index is 9.53. The van der Waals surface area contributed by atoms with Crippen molar-refractivity contribution in [1.29, 1.82) is 0 Å². The second-order valence-corrected chi connectivity index (χ2v) is 1.93. The lowest BCUT2D eigenvalue weighted by molar-refractivity contribution is -0.107. The largest absolute Gasteiger partial charge is 0.303 e. The van der Waals surface area contributed by atoms with Gasteiger partial charge in [0.2, 0.25) is 0 Å². The van der Waals surface area contributed by atoms with Crippen LogP contribution in [0.5, 0.6) is 0 Å². The molecule has 2 heteroatoms. The number of rotatable bonds is 2. The Morgan fingerprint density at radius 2 is 2.50 bits per heavy atom. The highest BCUT2D eigenvalue weighted by Gasteiger charge is 1.88. The maximum absolute atomic E-state index is 9.53. The van der Waals surface area contributed by atoms with Crippen LogP contribution in [0.3, 0.4) is 0 Å². The Hall–Kier alpha value is -0.0400. The fraction of sp³-hybridized carbons (Fsp3) is 0.750. The quantitative estimate of drug-likeness (QED) is 0.382. The molecule has 0 aromatic heterocycles. The number of carbonyl (C=O) groups excluding carboxylic acids is 1. The van der Waals surface area contributed by atoms with Crippen LogP contribution in [-0.4, -0.2) is 11.7 Å². The summed E-state index contributed by atoms with van der Waals surface area (Å²) in [5, 5.41) is 0.00231. The van der Waals surface area contributed by atoms with Crippen LogP contribution in [-0.2, 0) is 4.79 Å². The van der Waals surface area contributed by atoms with Gasteiger partial charge in [-0.25, -0.2) is 0 Å². The van der Waals surface area contributed by atoms with Crippen molar-refractivity contribution in [3.05, 3.63) is 0 Å². The van der Waals surface area contributed by atoms with Crippen LogP contribution in [0.25, 0.3) is 0 Å². The highest BCUT2D eigenvalue weighted by Crippen LogP contribution is 1.94. The van der Waals surface area contributed by atoms with E-state index in [0.717, 1.165) is 6.29 Å². The van der Waals surface area contributed by atoms with Crippen molar-refractivity contribution in [2.45, 2.75) is 18.7 Å². The molecule has 0 aliphatic carbocycles. The van der Waals surface area contributed by atoms with Crippen LogP contribution >= 0.6 is 11.6 Å². The predicted molar refractivity (Wildman–Crippen MR) is 26.0 cm³/mol. The van der Waals surface area contributed by atoms with E-state index in [9.17, 15) is 4.79 Å². The summed E-state index contributed by atoms with van der Waals surface area (Å²) in [6.45, 7) is 1.79. The average Bonchev–Trinajstić information content (AvgIpc) is 1.35. The second kappa shape index (κ2) is 3.16. The minimum Gasteiger partial charge on any atom is -0.303 e. The molecule has 0 aromatic carbocycles. The number of hydrogen-bond donors (Lipinski definition) is 0. The summed E-state index contributed by atoms with van der Waals surface area (Å²) in [6.07, 6.45) is 1.28. The molecule has 0 unspecified atom stereocenters. The third kappa shape index (κ3) is 3.96. The van der Waals surface area contributed by atoms with Crippen molar-refractivity contribution in [3.63, 3.8) is 0 Å². The number of aldehydes is 1. The van der Waals surface area contributed by atoms with E-state index in [-0.39, 0.29) is 5.38 Å². The zero-order valence-electron chi connectivity index (χ0n) is 3.65. The number of alkyl halides is 1. The molecule has 1 nitrogen and oxygen atoms in total. The third-order valence-corrected chi connectivity index (χ3v) is 0.599. The van der Waals surface area contributed by atoms with Gasteiger partial charge in [-0.15, -0.1) is 11.6 Å². The molecule has 0 spiro atoms. The molecule has 0 aliphatic heterocycles. The summed E-state index contributed by atoms with van der Waals surface area (Å²) in [7, 11) is 0. The van der Waals surface area contributed by atoms with E-state index in [4.69, 9.17) is 11.6 Å². The molecule has 0 saturated heterocycles. The lowest BCUT2D eigenvalue weighted by Gasteiger charge is -1.86. The smallest absolute Gasteiger partial charge is 0.121 e. The van der Waals surface area contributed by atoms with Gasteiger partial charge < -0.3 is 4.79 Å². The predicted octanol–water partition coefficient (Wildman–Crippen LogP) is 1.20. The van der Waals surface area contributed by atoms with Crippen molar-refractivity contribution in [2.75, 3.05) is 0 Å². The van der Waals surface area contributed by atoms with Crippen LogP contribution in [0, 0.1) is 0 Å². The van der Waals surface area contributed by atoms with Crippen molar-refractivity contribution in [3.8, 4) is 0 Å². The minimum absolute atomic E-state index is 0.00231. The van der Waals surface area contributed by atoms with Gasteiger partial charge in [-0.05, 0) is 6.92 Å². The van der Waals surface area contributed by atoms with Crippen LogP contribution in [0.2, 0.25) is 0 Å². The SMILES string of the molecule is C[C@H](Cl)CC=O. The molecule has 0 radical (unpaired) electrons. The van der Waals surface area contributed by atoms with Gasteiger partial charge in [-0.3, -0.25) is 0 Å². The molecule has 0 N–H and O–H groups in total. The summed E-state index contributed by atoms with van der Waals surface area (Å²) in [5.74, 6) is 0. The molecule has 6 heavy (non-hydrogen) atoms. The zero-order valence-corrected chi connectivity index (χ0v) is 4.40. The Balaban J connectivity index is 2.81. The van der Waals surface area contributed by atoms with E-state index in [1.807, 2.05) is 0 Å². The monoisotopic (exact) mass is 106 g/mol. The molecule has 1 atom stereocenters. The van der Waals surface area contributed by atoms with Crippen molar-refractivity contribution >= 4 is 17.9 Å². The molecule has 0 bridgehead atoms. The highest BCUT2D eigenvalue weighted by molar-refractivity contribution is 6.21. The first-order valence-electron chi connectivity index (χ1n) is 1.85. The van der Waals surface area contributed by atoms with Crippen molar-refractivity contribution in [2.24, 2.45) is 0 Å². The van der Waals surface area contributed by atoms with E-state index in [1.54, 1.807) is 6.92 Å². The molecule has 0 rings (SSSR count). The molecule has 0 fully saturated rings. The van der Waals surface area contributed by atoms with Gasteiger partial charge in [-0.2, -0.15) is 0 Å². The lowest BCUT2D eigenvalue weighted by atomic mass is 10.4. The fourth-order valence-corrected chi connectivity index (χ4v) is 0.205. The minimum atomic E-state index is 0.00231. The Morgan fingerprint density at radius 3 is 2.50 bits per heavy atom. The van der Waals surface area contributed by atoms with E-state index >= 15 is 0 Å². The van der Waals surface area contributed by atoms with Gasteiger partial charge in [0.05, 0.1) is 0 Å². The number of halogens is 1. The van der Waals surface area contributed by atoms with Crippen molar-refractivity contribution in [1.82, 2.24) is 0 Å². The molecular formula is C4H7ClO. The Bertz CT molecular complexity index is 42.8. The normalized spacial score (nSPS) is 13.7. The summed E-state index contributed by atoms with van der Waals surface area (Å²) < 4.78 is 0. The first-order valence-corrected chi connectivity index (χ1v) is 2.28. The van der Waals surface area contributed by atoms with Gasteiger partial charge in [0.15, 0.2) is 0 Å². The number of carbonyl (C=O) groups is 1. The van der Waals surface area contributed by atoms with Gasteiger partial charge in [0.25, 0.3) is 0 Å². The summed E-state index contributed by atoms with van der Waals surface area (Å²) in [5.41, 5.74) is 0. The van der Waals surface area contributed by atoms with Crippen LogP contribution in [0.15, 0.2) is 0 Å². The first kappa shape index (κ1) is 5.96. The first-order chi connectivity index (χ1) is 2.77. The Morgan fingerprint density at radius 1 is 2.00 bits per heavy atom. The molecule has 0 saturated carbocycles. The molecule has 0 heterocycles. The molecular weight excluding hydrogens is 99.5 g/mol. The standard InChI is InChI=1S/C4H7ClO/c1-4(5)2-3-6/h3-4H,2H2,1H3/t4-/m0/s1. The highest BCUT2D eigenvalue weighted by atomic mass is 35.5. The number of hydrogen-bond acceptors (Lipinski definition) is 1. The topological polar surface area (TPSA) is 17.1 Å². The second-order valence-electron chi connectivity index (χ2n) is 1.18. The van der Waals surface area contributed by atoms with E-state index in [1.165, 1.54) is 0 Å². The van der Waals surface area contributed by atoms with Crippen LogP contribution < -0.4 is 0 Å². The third-order valence-electron chi connectivity index (χ3n) is 0.421. The molecule has 0 aliphatic rings. The maximum Gasteiger partial charge on any atom is 0.121 e. The van der Waals surface area contributed by atoms with Gasteiger partial charge in [-0.1, -0.05) is 0 Å². The summed E-state index contributed by atoms with van der Waals surface area (Å²) in [4.78, 5) is 9.53.